The molecule has 15 heavy (non-hydrogen) atoms. The van der Waals surface area contributed by atoms with Gasteiger partial charge in [-0.1, -0.05) is 22.0 Å². The third-order valence-corrected chi connectivity index (χ3v) is 3.32. The molecule has 0 radical (unpaired) electrons. The summed E-state index contributed by atoms with van der Waals surface area (Å²) in [6.07, 6.45) is 1.53. The monoisotopic (exact) mass is 286 g/mol. The maximum atomic E-state index is 11.3. The Morgan fingerprint density at radius 2 is 2.07 bits per heavy atom. The Bertz CT molecular complexity index is 625. The first-order valence-corrected chi connectivity index (χ1v) is 6.39. The minimum absolute atomic E-state index is 0.0347. The Morgan fingerprint density at radius 1 is 1.33 bits per heavy atom. The molecule has 6 heteroatoms. The number of hydrogen-bond acceptors (Lipinski definition) is 3. The molecule has 0 unspecified atom stereocenters. The number of primary sulfonamides is 1. The Kier molecular flexibility index (Phi) is 2.49. The van der Waals surface area contributed by atoms with Gasteiger partial charge < -0.3 is 0 Å². The molecule has 2 N–H and O–H groups in total. The minimum atomic E-state index is -3.74. The number of pyridine rings is 1. The molecule has 0 aliphatic heterocycles. The summed E-state index contributed by atoms with van der Waals surface area (Å²) in [6.45, 7) is 0. The van der Waals surface area contributed by atoms with E-state index in [9.17, 15) is 8.42 Å². The van der Waals surface area contributed by atoms with Gasteiger partial charge in [-0.2, -0.15) is 0 Å². The molecule has 4 nitrogen and oxygen atoms in total. The number of sulfonamides is 1. The lowest BCUT2D eigenvalue weighted by molar-refractivity contribution is 0.598. The molecule has 1 heterocycles. The molecule has 0 atom stereocenters. The predicted octanol–water partition coefficient (Wildman–Crippen LogP) is 1.64. The van der Waals surface area contributed by atoms with Crippen LogP contribution in [-0.2, 0) is 10.0 Å². The number of halogens is 1. The van der Waals surface area contributed by atoms with Crippen molar-refractivity contribution < 1.29 is 8.42 Å². The molecule has 1 aromatic carbocycles. The van der Waals surface area contributed by atoms with Crippen LogP contribution in [0.2, 0.25) is 0 Å². The molecule has 0 saturated carbocycles. The van der Waals surface area contributed by atoms with Gasteiger partial charge in [0.25, 0.3) is 0 Å². The number of benzene rings is 1. The van der Waals surface area contributed by atoms with Crippen LogP contribution in [-0.4, -0.2) is 13.4 Å². The largest absolute Gasteiger partial charge is 0.255 e. The van der Waals surface area contributed by atoms with Gasteiger partial charge in [-0.15, -0.1) is 0 Å². The van der Waals surface area contributed by atoms with Gasteiger partial charge in [0.05, 0.1) is 5.52 Å². The number of aromatic nitrogens is 1. The summed E-state index contributed by atoms with van der Waals surface area (Å²) in [6, 6.07) is 6.76. The second kappa shape index (κ2) is 3.55. The van der Waals surface area contributed by atoms with Crippen LogP contribution in [0.5, 0.6) is 0 Å². The average Bonchev–Trinajstić information content (AvgIpc) is 2.15. The van der Waals surface area contributed by atoms with E-state index in [0.717, 1.165) is 5.39 Å². The second-order valence-corrected chi connectivity index (χ2v) is 5.47. The molecular formula is C9H7BrN2O2S. The summed E-state index contributed by atoms with van der Waals surface area (Å²) in [5, 5.41) is 5.84. The molecule has 2 aromatic rings. The average molecular weight is 287 g/mol. The zero-order chi connectivity index (χ0) is 11.1. The number of hydrogen-bond donors (Lipinski definition) is 1. The van der Waals surface area contributed by atoms with Crippen molar-refractivity contribution in [3.63, 3.8) is 0 Å². The lowest BCUT2D eigenvalue weighted by Crippen LogP contribution is -2.13. The third kappa shape index (κ3) is 2.01. The number of fused-ring (bicyclic) bond motifs is 1. The van der Waals surface area contributed by atoms with Crippen LogP contribution in [0.25, 0.3) is 10.9 Å². The van der Waals surface area contributed by atoms with Crippen LogP contribution >= 0.6 is 15.9 Å². The lowest BCUT2D eigenvalue weighted by atomic mass is 10.2. The van der Waals surface area contributed by atoms with E-state index in [1.165, 1.54) is 12.3 Å². The number of nitrogens with zero attached hydrogens (tertiary/aromatic N) is 1. The summed E-state index contributed by atoms with van der Waals surface area (Å²) in [4.78, 5) is 4.04. The molecule has 0 aliphatic rings. The van der Waals surface area contributed by atoms with Crippen LogP contribution in [0.15, 0.2) is 39.8 Å². The highest BCUT2D eigenvalue weighted by Gasteiger charge is 2.14. The van der Waals surface area contributed by atoms with Gasteiger partial charge in [0.2, 0.25) is 10.0 Å². The normalized spacial score (nSPS) is 11.9. The van der Waals surface area contributed by atoms with Crippen LogP contribution in [0, 0.1) is 0 Å². The highest BCUT2D eigenvalue weighted by molar-refractivity contribution is 9.10. The molecule has 78 valence electrons. The standard InChI is InChI=1S/C9H7BrN2O2S/c10-7-4-6-2-1-3-12-9(6)8(5-7)15(11,13)14/h1-5H,(H2,11,13,14). The SMILES string of the molecule is NS(=O)(=O)c1cc(Br)cc2cccnc12. The highest BCUT2D eigenvalue weighted by atomic mass is 79.9. The Morgan fingerprint density at radius 3 is 2.73 bits per heavy atom. The van der Waals surface area contributed by atoms with E-state index in [4.69, 9.17) is 5.14 Å². The molecule has 0 bridgehead atoms. The lowest BCUT2D eigenvalue weighted by Gasteiger charge is -2.04. The molecule has 1 aromatic heterocycles. The zero-order valence-electron chi connectivity index (χ0n) is 7.51. The summed E-state index contributed by atoms with van der Waals surface area (Å²) in [7, 11) is -3.74. The van der Waals surface area contributed by atoms with E-state index in [1.807, 2.05) is 0 Å². The van der Waals surface area contributed by atoms with E-state index < -0.39 is 10.0 Å². The molecule has 0 spiro atoms. The summed E-state index contributed by atoms with van der Waals surface area (Å²) in [5.74, 6) is 0. The van der Waals surface area contributed by atoms with Crippen molar-refractivity contribution in [1.29, 1.82) is 0 Å². The Labute approximate surface area is 95.3 Å². The number of rotatable bonds is 1. The topological polar surface area (TPSA) is 73.1 Å². The van der Waals surface area contributed by atoms with Crippen molar-refractivity contribution in [3.8, 4) is 0 Å². The van der Waals surface area contributed by atoms with Crippen molar-refractivity contribution >= 4 is 36.9 Å². The van der Waals surface area contributed by atoms with Crippen LogP contribution in [0.3, 0.4) is 0 Å². The number of nitrogens with two attached hydrogens (primary N) is 1. The Hall–Kier alpha value is -0.980. The van der Waals surface area contributed by atoms with Crippen molar-refractivity contribution in [2.45, 2.75) is 4.90 Å². The van der Waals surface area contributed by atoms with E-state index in [2.05, 4.69) is 20.9 Å². The molecule has 0 aliphatic carbocycles. The van der Waals surface area contributed by atoms with Crippen LogP contribution in [0.1, 0.15) is 0 Å². The molecule has 2 rings (SSSR count). The van der Waals surface area contributed by atoms with Gasteiger partial charge in [0, 0.05) is 16.1 Å². The smallest absolute Gasteiger partial charge is 0.240 e. The zero-order valence-corrected chi connectivity index (χ0v) is 9.92. The second-order valence-electron chi connectivity index (χ2n) is 3.02. The maximum Gasteiger partial charge on any atom is 0.240 e. The first-order valence-electron chi connectivity index (χ1n) is 4.05. The van der Waals surface area contributed by atoms with Gasteiger partial charge in [-0.05, 0) is 18.2 Å². The van der Waals surface area contributed by atoms with Gasteiger partial charge in [-0.3, -0.25) is 4.98 Å². The van der Waals surface area contributed by atoms with Crippen molar-refractivity contribution in [2.75, 3.05) is 0 Å². The van der Waals surface area contributed by atoms with Gasteiger partial charge in [0.1, 0.15) is 4.90 Å². The fraction of sp³-hybridized carbons (Fsp3) is 0. The fourth-order valence-corrected chi connectivity index (χ4v) is 2.70. The molecule has 0 fully saturated rings. The van der Waals surface area contributed by atoms with Crippen molar-refractivity contribution in [1.82, 2.24) is 4.98 Å². The van der Waals surface area contributed by atoms with Crippen LogP contribution in [0.4, 0.5) is 0 Å². The molecule has 0 saturated heterocycles. The minimum Gasteiger partial charge on any atom is -0.255 e. The summed E-state index contributed by atoms with van der Waals surface area (Å²) >= 11 is 3.23. The first kappa shape index (κ1) is 10.5. The van der Waals surface area contributed by atoms with Crippen molar-refractivity contribution in [3.05, 3.63) is 34.9 Å². The van der Waals surface area contributed by atoms with Gasteiger partial charge >= 0.3 is 0 Å². The van der Waals surface area contributed by atoms with Crippen LogP contribution < -0.4 is 5.14 Å². The fourth-order valence-electron chi connectivity index (χ4n) is 1.34. The molecular weight excluding hydrogens is 280 g/mol. The summed E-state index contributed by atoms with van der Waals surface area (Å²) < 4.78 is 23.3. The predicted molar refractivity (Wildman–Crippen MR) is 60.8 cm³/mol. The van der Waals surface area contributed by atoms with E-state index >= 15 is 0 Å². The third-order valence-electron chi connectivity index (χ3n) is 1.94. The molecule has 0 amide bonds. The van der Waals surface area contributed by atoms with Crippen molar-refractivity contribution in [2.24, 2.45) is 5.14 Å². The maximum absolute atomic E-state index is 11.3. The van der Waals surface area contributed by atoms with Gasteiger partial charge in [0.15, 0.2) is 0 Å². The summed E-state index contributed by atoms with van der Waals surface area (Å²) in [5.41, 5.74) is 0.392. The highest BCUT2D eigenvalue weighted by Crippen LogP contribution is 2.24. The van der Waals surface area contributed by atoms with E-state index in [0.29, 0.717) is 9.99 Å². The Balaban J connectivity index is 2.96. The van der Waals surface area contributed by atoms with E-state index in [1.54, 1.807) is 18.2 Å². The van der Waals surface area contributed by atoms with Gasteiger partial charge in [-0.25, -0.2) is 13.6 Å². The quantitative estimate of drug-likeness (QED) is 0.866. The first-order chi connectivity index (χ1) is 6.98. The van der Waals surface area contributed by atoms with E-state index in [-0.39, 0.29) is 4.90 Å².